The molecule has 3 rings (SSSR count). The molecule has 0 amide bonds. The third kappa shape index (κ3) is 6.60. The summed E-state index contributed by atoms with van der Waals surface area (Å²) in [5.74, 6) is 1.38. The zero-order chi connectivity index (χ0) is 19.9. The van der Waals surface area contributed by atoms with Gasteiger partial charge < -0.3 is 20.3 Å². The second-order valence-corrected chi connectivity index (χ2v) is 7.10. The number of rotatable bonds is 6. The summed E-state index contributed by atoms with van der Waals surface area (Å²) in [5.41, 5.74) is 0. The van der Waals surface area contributed by atoms with Crippen LogP contribution in [0.3, 0.4) is 0 Å². The van der Waals surface area contributed by atoms with Gasteiger partial charge >= 0.3 is 0 Å². The molecule has 1 aliphatic heterocycles. The van der Waals surface area contributed by atoms with Crippen LogP contribution in [0.5, 0.6) is 5.75 Å². The van der Waals surface area contributed by atoms with Crippen molar-refractivity contribution in [1.82, 2.24) is 15.6 Å². The van der Waals surface area contributed by atoms with Crippen molar-refractivity contribution in [3.8, 4) is 5.75 Å². The van der Waals surface area contributed by atoms with Crippen LogP contribution >= 0.6 is 35.6 Å². The second kappa shape index (κ2) is 11.4. The smallest absolute Gasteiger partial charge is 0.191 e. The molecule has 0 radical (unpaired) electrons. The Morgan fingerprint density at radius 3 is 2.90 bits per heavy atom. The lowest BCUT2D eigenvalue weighted by Gasteiger charge is -2.21. The van der Waals surface area contributed by atoms with Crippen molar-refractivity contribution in [3.05, 3.63) is 53.4 Å². The molecule has 29 heavy (non-hydrogen) atoms. The van der Waals surface area contributed by atoms with Crippen LogP contribution < -0.4 is 20.3 Å². The molecule has 1 aliphatic rings. The summed E-state index contributed by atoms with van der Waals surface area (Å²) in [7, 11) is 1.72. The van der Waals surface area contributed by atoms with Gasteiger partial charge in [0, 0.05) is 32.4 Å². The standard InChI is InChI=1S/C20H25ClFN5O.HI/c1-14(28-18-8-4-3-7-17(18)22)12-25-20(23-2)26-15-9-11-27(13-15)19-16(21)6-5-10-24-19;/h3-8,10,14-15H,9,11-13H2,1-2H3,(H2,23,25,26);1H. The highest BCUT2D eigenvalue weighted by Gasteiger charge is 2.25. The highest BCUT2D eigenvalue weighted by Crippen LogP contribution is 2.25. The lowest BCUT2D eigenvalue weighted by molar-refractivity contribution is 0.214. The first-order valence-corrected chi connectivity index (χ1v) is 9.68. The summed E-state index contributed by atoms with van der Waals surface area (Å²) in [6.45, 7) is 4.04. The summed E-state index contributed by atoms with van der Waals surface area (Å²) in [5, 5.41) is 7.30. The molecule has 2 heterocycles. The number of aromatic nitrogens is 1. The molecule has 1 aromatic heterocycles. The van der Waals surface area contributed by atoms with Crippen LogP contribution in [-0.4, -0.2) is 49.8 Å². The van der Waals surface area contributed by atoms with Gasteiger partial charge in [0.25, 0.3) is 0 Å². The fourth-order valence-electron chi connectivity index (χ4n) is 3.11. The number of guanidine groups is 1. The molecule has 0 saturated carbocycles. The quantitative estimate of drug-likeness (QED) is 0.337. The second-order valence-electron chi connectivity index (χ2n) is 6.70. The van der Waals surface area contributed by atoms with Crippen LogP contribution in [0.25, 0.3) is 0 Å². The Labute approximate surface area is 192 Å². The fourth-order valence-corrected chi connectivity index (χ4v) is 3.35. The molecule has 1 fully saturated rings. The molecule has 2 atom stereocenters. The Bertz CT molecular complexity index is 825. The van der Waals surface area contributed by atoms with Crippen LogP contribution in [0.1, 0.15) is 13.3 Å². The molecule has 0 bridgehead atoms. The maximum atomic E-state index is 13.7. The topological polar surface area (TPSA) is 61.8 Å². The number of halogens is 3. The predicted octanol–water partition coefficient (Wildman–Crippen LogP) is 3.70. The number of ether oxygens (including phenoxy) is 1. The van der Waals surface area contributed by atoms with Gasteiger partial charge in [-0.15, -0.1) is 24.0 Å². The van der Waals surface area contributed by atoms with Gasteiger partial charge in [-0.2, -0.15) is 0 Å². The average Bonchev–Trinajstić information content (AvgIpc) is 3.15. The molecule has 2 aromatic rings. The molecule has 1 aromatic carbocycles. The number of benzene rings is 1. The largest absolute Gasteiger partial charge is 0.486 e. The van der Waals surface area contributed by atoms with Crippen molar-refractivity contribution < 1.29 is 9.13 Å². The van der Waals surface area contributed by atoms with Gasteiger partial charge in [-0.05, 0) is 37.6 Å². The number of pyridine rings is 1. The Morgan fingerprint density at radius 1 is 1.38 bits per heavy atom. The third-order valence-corrected chi connectivity index (χ3v) is 4.81. The molecule has 158 valence electrons. The number of para-hydroxylation sites is 1. The van der Waals surface area contributed by atoms with Crippen molar-refractivity contribution in [2.75, 3.05) is 31.6 Å². The molecule has 9 heteroatoms. The van der Waals surface area contributed by atoms with E-state index in [0.717, 1.165) is 25.3 Å². The lowest BCUT2D eigenvalue weighted by Crippen LogP contribution is -2.47. The normalized spacial score (nSPS) is 17.4. The van der Waals surface area contributed by atoms with Gasteiger partial charge in [-0.1, -0.05) is 23.7 Å². The van der Waals surface area contributed by atoms with Gasteiger partial charge in [-0.25, -0.2) is 9.37 Å². The van der Waals surface area contributed by atoms with E-state index in [9.17, 15) is 4.39 Å². The van der Waals surface area contributed by atoms with Crippen molar-refractivity contribution >= 4 is 47.4 Å². The molecule has 2 N–H and O–H groups in total. The number of hydrogen-bond donors (Lipinski definition) is 2. The Morgan fingerprint density at radius 2 is 2.17 bits per heavy atom. The van der Waals surface area contributed by atoms with Gasteiger partial charge in [0.2, 0.25) is 0 Å². The van der Waals surface area contributed by atoms with Gasteiger partial charge in [0.05, 0.1) is 11.6 Å². The average molecular weight is 534 g/mol. The highest BCUT2D eigenvalue weighted by molar-refractivity contribution is 14.0. The molecule has 6 nitrogen and oxygen atoms in total. The van der Waals surface area contributed by atoms with E-state index in [0.29, 0.717) is 17.5 Å². The number of nitrogens with one attached hydrogen (secondary N) is 2. The van der Waals surface area contributed by atoms with E-state index in [1.807, 2.05) is 19.1 Å². The monoisotopic (exact) mass is 533 g/mol. The molecular formula is C20H26ClFIN5O. The summed E-state index contributed by atoms with van der Waals surface area (Å²) in [4.78, 5) is 10.8. The number of anilines is 1. The minimum Gasteiger partial charge on any atom is -0.486 e. The van der Waals surface area contributed by atoms with E-state index in [2.05, 4.69) is 25.5 Å². The number of nitrogens with zero attached hydrogens (tertiary/aromatic N) is 3. The summed E-state index contributed by atoms with van der Waals surface area (Å²) in [6, 6.07) is 10.3. The third-order valence-electron chi connectivity index (χ3n) is 4.51. The van der Waals surface area contributed by atoms with Crippen molar-refractivity contribution in [1.29, 1.82) is 0 Å². The van der Waals surface area contributed by atoms with E-state index in [1.165, 1.54) is 6.07 Å². The number of aliphatic imine (C=N–C) groups is 1. The van der Waals surface area contributed by atoms with Crippen LogP contribution in [0.4, 0.5) is 10.2 Å². The van der Waals surface area contributed by atoms with Crippen LogP contribution in [0.15, 0.2) is 47.6 Å². The minimum atomic E-state index is -0.365. The van der Waals surface area contributed by atoms with Gasteiger partial charge in [-0.3, -0.25) is 4.99 Å². The zero-order valence-corrected chi connectivity index (χ0v) is 19.5. The van der Waals surface area contributed by atoms with Crippen LogP contribution in [-0.2, 0) is 0 Å². The zero-order valence-electron chi connectivity index (χ0n) is 16.4. The van der Waals surface area contributed by atoms with Crippen molar-refractivity contribution in [3.63, 3.8) is 0 Å². The fraction of sp³-hybridized carbons (Fsp3) is 0.400. The van der Waals surface area contributed by atoms with E-state index in [-0.39, 0.29) is 47.7 Å². The van der Waals surface area contributed by atoms with E-state index in [1.54, 1.807) is 31.4 Å². The van der Waals surface area contributed by atoms with Gasteiger partial charge in [0.15, 0.2) is 17.5 Å². The molecular weight excluding hydrogens is 508 g/mol. The summed E-state index contributed by atoms with van der Waals surface area (Å²) >= 11 is 6.25. The summed E-state index contributed by atoms with van der Waals surface area (Å²) < 4.78 is 19.3. The lowest BCUT2D eigenvalue weighted by atomic mass is 10.3. The van der Waals surface area contributed by atoms with Crippen LogP contribution in [0, 0.1) is 5.82 Å². The van der Waals surface area contributed by atoms with E-state index < -0.39 is 0 Å². The Hall–Kier alpha value is -1.81. The first kappa shape index (κ1) is 23.5. The minimum absolute atomic E-state index is 0. The SMILES string of the molecule is CN=C(NCC(C)Oc1ccccc1F)NC1CCN(c2ncccc2Cl)C1.I. The Kier molecular flexibility index (Phi) is 9.22. The van der Waals surface area contributed by atoms with Crippen molar-refractivity contribution in [2.45, 2.75) is 25.5 Å². The first-order valence-electron chi connectivity index (χ1n) is 9.30. The molecule has 1 saturated heterocycles. The molecule has 0 spiro atoms. The predicted molar refractivity (Wildman–Crippen MR) is 126 cm³/mol. The highest BCUT2D eigenvalue weighted by atomic mass is 127. The number of hydrogen-bond acceptors (Lipinski definition) is 4. The summed E-state index contributed by atoms with van der Waals surface area (Å²) in [6.07, 6.45) is 2.48. The maximum Gasteiger partial charge on any atom is 0.191 e. The maximum absolute atomic E-state index is 13.7. The molecule has 2 unspecified atom stereocenters. The van der Waals surface area contributed by atoms with Gasteiger partial charge in [0.1, 0.15) is 11.9 Å². The Balaban J connectivity index is 0.00000300. The van der Waals surface area contributed by atoms with E-state index in [4.69, 9.17) is 16.3 Å². The first-order chi connectivity index (χ1) is 13.6. The van der Waals surface area contributed by atoms with Crippen LogP contribution in [0.2, 0.25) is 5.02 Å². The molecule has 0 aliphatic carbocycles. The van der Waals surface area contributed by atoms with E-state index >= 15 is 0 Å². The van der Waals surface area contributed by atoms with Crippen molar-refractivity contribution in [2.24, 2.45) is 4.99 Å².